The molecule has 5 rings (SSSR count). The average Bonchev–Trinajstić information content (AvgIpc) is 2.78. The van der Waals surface area contributed by atoms with E-state index in [0.29, 0.717) is 39.5 Å². The van der Waals surface area contributed by atoms with Gasteiger partial charge in [-0.15, -0.1) is 0 Å². The summed E-state index contributed by atoms with van der Waals surface area (Å²) in [5.74, 6) is 0.134. The molecule has 1 aliphatic rings. The molecular weight excluding hydrogens is 387 g/mol. The number of para-hydroxylation sites is 2. The number of halogens is 1. The zero-order valence-corrected chi connectivity index (χ0v) is 15.6. The second kappa shape index (κ2) is 7.40. The molecule has 0 spiro atoms. The molecule has 1 unspecified atom stereocenters. The number of nitrogens with one attached hydrogen (secondary N) is 1. The van der Waals surface area contributed by atoms with Crippen LogP contribution in [0.3, 0.4) is 0 Å². The van der Waals surface area contributed by atoms with Crippen LogP contribution in [-0.2, 0) is 4.79 Å². The molecule has 148 valence electrons. The number of anilines is 1. The Morgan fingerprint density at radius 3 is 2.77 bits per heavy atom. The largest absolute Gasteiger partial charge is 0.485 e. The number of carbonyl (C=O) groups is 1. The van der Waals surface area contributed by atoms with E-state index in [4.69, 9.17) is 9.47 Å². The van der Waals surface area contributed by atoms with Crippen LogP contribution in [-0.4, -0.2) is 33.6 Å². The normalized spacial score (nSPS) is 15.0. The highest BCUT2D eigenvalue weighted by Gasteiger charge is 2.27. The van der Waals surface area contributed by atoms with Crippen molar-refractivity contribution in [3.05, 3.63) is 72.9 Å². The third-order valence-electron chi connectivity index (χ3n) is 4.70. The summed E-state index contributed by atoms with van der Waals surface area (Å²) in [7, 11) is 0. The Balaban J connectivity index is 1.37. The lowest BCUT2D eigenvalue weighted by molar-refractivity contribution is -0.125. The average molecular weight is 402 g/mol. The van der Waals surface area contributed by atoms with Crippen molar-refractivity contribution in [1.82, 2.24) is 15.0 Å². The van der Waals surface area contributed by atoms with Gasteiger partial charge in [0.25, 0.3) is 5.91 Å². The Bertz CT molecular complexity index is 1260. The molecule has 4 aromatic rings. The molecule has 1 atom stereocenters. The maximum atomic E-state index is 14.9. The number of rotatable bonds is 3. The van der Waals surface area contributed by atoms with Gasteiger partial charge < -0.3 is 14.8 Å². The van der Waals surface area contributed by atoms with E-state index in [1.165, 1.54) is 12.4 Å². The SMILES string of the molecule is O=C(Nc1ccc(-c2ncnc3ncccc23)c(F)c1)C1COc2ccccc2O1. The van der Waals surface area contributed by atoms with Crippen LogP contribution in [0.1, 0.15) is 0 Å². The Labute approximate surface area is 170 Å². The van der Waals surface area contributed by atoms with Gasteiger partial charge in [0.1, 0.15) is 18.8 Å². The molecule has 2 aromatic carbocycles. The summed E-state index contributed by atoms with van der Waals surface area (Å²) < 4.78 is 26.1. The van der Waals surface area contributed by atoms with Gasteiger partial charge in [-0.1, -0.05) is 12.1 Å². The molecule has 0 bridgehead atoms. The van der Waals surface area contributed by atoms with E-state index >= 15 is 0 Å². The molecule has 0 radical (unpaired) electrons. The Hall–Kier alpha value is -4.07. The number of benzene rings is 2. The molecule has 0 fully saturated rings. The van der Waals surface area contributed by atoms with E-state index in [9.17, 15) is 9.18 Å². The second-order valence-electron chi connectivity index (χ2n) is 6.64. The first-order valence-corrected chi connectivity index (χ1v) is 9.24. The monoisotopic (exact) mass is 402 g/mol. The number of carbonyl (C=O) groups excluding carboxylic acids is 1. The summed E-state index contributed by atoms with van der Waals surface area (Å²) in [6.07, 6.45) is 2.13. The first-order valence-electron chi connectivity index (χ1n) is 9.24. The second-order valence-corrected chi connectivity index (χ2v) is 6.64. The molecule has 7 nitrogen and oxygen atoms in total. The number of pyridine rings is 1. The maximum Gasteiger partial charge on any atom is 0.269 e. The van der Waals surface area contributed by atoms with E-state index in [2.05, 4.69) is 20.3 Å². The fourth-order valence-electron chi connectivity index (χ4n) is 3.27. The van der Waals surface area contributed by atoms with Crippen molar-refractivity contribution in [3.8, 4) is 22.8 Å². The minimum atomic E-state index is -0.834. The van der Waals surface area contributed by atoms with Crippen molar-refractivity contribution in [2.45, 2.75) is 6.10 Å². The lowest BCUT2D eigenvalue weighted by Gasteiger charge is -2.25. The van der Waals surface area contributed by atoms with Crippen LogP contribution in [0.4, 0.5) is 10.1 Å². The molecule has 8 heteroatoms. The Kier molecular flexibility index (Phi) is 4.44. The summed E-state index contributed by atoms with van der Waals surface area (Å²) in [4.78, 5) is 25.0. The van der Waals surface area contributed by atoms with Gasteiger partial charge in [0.2, 0.25) is 6.10 Å². The first kappa shape index (κ1) is 18.0. The zero-order chi connectivity index (χ0) is 20.5. The van der Waals surface area contributed by atoms with Crippen LogP contribution >= 0.6 is 0 Å². The fraction of sp³-hybridized carbons (Fsp3) is 0.0909. The lowest BCUT2D eigenvalue weighted by Crippen LogP contribution is -2.40. The van der Waals surface area contributed by atoms with Crippen molar-refractivity contribution in [3.63, 3.8) is 0 Å². The molecular formula is C22H15FN4O3. The maximum absolute atomic E-state index is 14.9. The molecule has 0 saturated heterocycles. The van der Waals surface area contributed by atoms with Crippen molar-refractivity contribution in [1.29, 1.82) is 0 Å². The van der Waals surface area contributed by atoms with Crippen LogP contribution in [0, 0.1) is 5.82 Å². The number of ether oxygens (including phenoxy) is 2. The fourth-order valence-corrected chi connectivity index (χ4v) is 3.27. The molecule has 3 heterocycles. The minimum Gasteiger partial charge on any atom is -0.485 e. The van der Waals surface area contributed by atoms with Crippen LogP contribution in [0.5, 0.6) is 11.5 Å². The van der Waals surface area contributed by atoms with Gasteiger partial charge in [0.15, 0.2) is 17.1 Å². The zero-order valence-electron chi connectivity index (χ0n) is 15.6. The predicted molar refractivity (Wildman–Crippen MR) is 108 cm³/mol. The predicted octanol–water partition coefficient (Wildman–Crippen LogP) is 3.61. The standard InChI is InChI=1S/C22H15FN4O3/c23-16-10-13(27-22(28)19-11-29-17-5-1-2-6-18(17)30-19)7-8-14(16)20-15-4-3-9-24-21(15)26-12-25-20/h1-10,12,19H,11H2,(H,27,28). The molecule has 1 aliphatic heterocycles. The van der Waals surface area contributed by atoms with Crippen molar-refractivity contribution >= 4 is 22.6 Å². The molecule has 1 N–H and O–H groups in total. The van der Waals surface area contributed by atoms with Crippen LogP contribution in [0.15, 0.2) is 67.1 Å². The number of fused-ring (bicyclic) bond motifs is 2. The van der Waals surface area contributed by atoms with Gasteiger partial charge in [-0.25, -0.2) is 19.3 Å². The number of amides is 1. The van der Waals surface area contributed by atoms with Gasteiger partial charge >= 0.3 is 0 Å². The van der Waals surface area contributed by atoms with Crippen LogP contribution in [0.2, 0.25) is 0 Å². The van der Waals surface area contributed by atoms with Crippen molar-refractivity contribution in [2.75, 3.05) is 11.9 Å². The lowest BCUT2D eigenvalue weighted by atomic mass is 10.1. The number of hydrogen-bond acceptors (Lipinski definition) is 6. The Morgan fingerprint density at radius 2 is 1.90 bits per heavy atom. The minimum absolute atomic E-state index is 0.0728. The van der Waals surface area contributed by atoms with E-state index in [0.717, 1.165) is 0 Å². The highest BCUT2D eigenvalue weighted by Crippen LogP contribution is 2.32. The number of nitrogens with zero attached hydrogens (tertiary/aromatic N) is 3. The van der Waals surface area contributed by atoms with Gasteiger partial charge in [-0.2, -0.15) is 0 Å². The molecule has 1 amide bonds. The summed E-state index contributed by atoms with van der Waals surface area (Å²) in [5.41, 5.74) is 1.51. The smallest absolute Gasteiger partial charge is 0.269 e. The van der Waals surface area contributed by atoms with Crippen molar-refractivity contribution < 1.29 is 18.7 Å². The van der Waals surface area contributed by atoms with Gasteiger partial charge in [-0.3, -0.25) is 4.79 Å². The molecule has 2 aromatic heterocycles. The van der Waals surface area contributed by atoms with E-state index < -0.39 is 17.8 Å². The molecule has 30 heavy (non-hydrogen) atoms. The van der Waals surface area contributed by atoms with Crippen LogP contribution in [0.25, 0.3) is 22.3 Å². The Morgan fingerprint density at radius 1 is 1.03 bits per heavy atom. The van der Waals surface area contributed by atoms with Gasteiger partial charge in [-0.05, 0) is 42.5 Å². The van der Waals surface area contributed by atoms with Gasteiger partial charge in [0, 0.05) is 22.8 Å². The summed E-state index contributed by atoms with van der Waals surface area (Å²) in [6.45, 7) is 0.0728. The number of hydrogen-bond donors (Lipinski definition) is 1. The van der Waals surface area contributed by atoms with Crippen LogP contribution < -0.4 is 14.8 Å². The van der Waals surface area contributed by atoms with Gasteiger partial charge in [0.05, 0.1) is 5.69 Å². The quantitative estimate of drug-likeness (QED) is 0.563. The van der Waals surface area contributed by atoms with E-state index in [-0.39, 0.29) is 6.61 Å². The molecule has 0 aliphatic carbocycles. The first-order chi connectivity index (χ1) is 14.7. The summed E-state index contributed by atoms with van der Waals surface area (Å²) in [5, 5.41) is 3.31. The van der Waals surface area contributed by atoms with E-state index in [1.54, 1.807) is 48.7 Å². The van der Waals surface area contributed by atoms with E-state index in [1.807, 2.05) is 6.07 Å². The summed E-state index contributed by atoms with van der Waals surface area (Å²) >= 11 is 0. The highest BCUT2D eigenvalue weighted by atomic mass is 19.1. The summed E-state index contributed by atoms with van der Waals surface area (Å²) in [6, 6.07) is 15.1. The molecule has 0 saturated carbocycles. The topological polar surface area (TPSA) is 86.2 Å². The number of aromatic nitrogens is 3. The van der Waals surface area contributed by atoms with Crippen molar-refractivity contribution in [2.24, 2.45) is 0 Å². The third-order valence-corrected chi connectivity index (χ3v) is 4.70. The highest BCUT2D eigenvalue weighted by molar-refractivity contribution is 5.95. The third kappa shape index (κ3) is 3.28.